The summed E-state index contributed by atoms with van der Waals surface area (Å²) < 4.78 is 15.3. The Morgan fingerprint density at radius 2 is 1.88 bits per heavy atom. The summed E-state index contributed by atoms with van der Waals surface area (Å²) in [7, 11) is 1.43. The van der Waals surface area contributed by atoms with E-state index in [0.717, 1.165) is 6.42 Å². The van der Waals surface area contributed by atoms with Gasteiger partial charge in [0.05, 0.1) is 7.11 Å². The molecule has 132 valence electrons. The summed E-state index contributed by atoms with van der Waals surface area (Å²) in [5, 5.41) is 2.68. The van der Waals surface area contributed by atoms with Crippen molar-refractivity contribution in [2.75, 3.05) is 20.3 Å². The Hall–Kier alpha value is -2.57. The average molecular weight is 337 g/mol. The van der Waals surface area contributed by atoms with E-state index in [4.69, 9.17) is 14.2 Å². The molecule has 0 heterocycles. The highest BCUT2D eigenvalue weighted by atomic mass is 16.6. The Kier molecular flexibility index (Phi) is 7.74. The average Bonchev–Trinajstić information content (AvgIpc) is 2.57. The van der Waals surface area contributed by atoms with Crippen molar-refractivity contribution in [1.82, 2.24) is 5.32 Å². The Morgan fingerprint density at radius 1 is 1.17 bits per heavy atom. The minimum Gasteiger partial charge on any atom is -0.493 e. The number of Topliss-reactive ketones (excluding diaryl/α,β-unsaturated/α-hetero) is 1. The van der Waals surface area contributed by atoms with Crippen molar-refractivity contribution < 1.29 is 28.6 Å². The maximum atomic E-state index is 11.6. The molecule has 7 nitrogen and oxygen atoms in total. The van der Waals surface area contributed by atoms with Crippen LogP contribution in [-0.2, 0) is 14.3 Å². The quantitative estimate of drug-likeness (QED) is 0.545. The number of ketones is 1. The van der Waals surface area contributed by atoms with Crippen molar-refractivity contribution >= 4 is 17.7 Å². The molecule has 0 saturated heterocycles. The van der Waals surface area contributed by atoms with Crippen LogP contribution in [0.1, 0.15) is 37.6 Å². The van der Waals surface area contributed by atoms with E-state index in [0.29, 0.717) is 17.1 Å². The standard InChI is InChI=1S/C17H23NO6/c1-5-11(2)18-16(20)9-24-17(21)10-23-14-7-6-13(12(3)19)8-15(14)22-4/h6-8,11H,5,9-10H2,1-4H3,(H,18,20)/t11-/m1/s1. The Labute approximate surface area is 141 Å². The molecule has 7 heteroatoms. The second-order valence-corrected chi connectivity index (χ2v) is 5.25. The van der Waals surface area contributed by atoms with Crippen LogP contribution < -0.4 is 14.8 Å². The van der Waals surface area contributed by atoms with Gasteiger partial charge in [0.25, 0.3) is 5.91 Å². The zero-order valence-corrected chi connectivity index (χ0v) is 14.4. The van der Waals surface area contributed by atoms with Crippen LogP contribution in [0, 0.1) is 0 Å². The third-order valence-corrected chi connectivity index (χ3v) is 3.30. The first kappa shape index (κ1) is 19.5. The molecule has 1 atom stereocenters. The number of ether oxygens (including phenoxy) is 3. The number of rotatable bonds is 9. The molecular formula is C17H23NO6. The van der Waals surface area contributed by atoms with E-state index in [1.165, 1.54) is 20.1 Å². The molecule has 24 heavy (non-hydrogen) atoms. The van der Waals surface area contributed by atoms with Crippen LogP contribution in [0.3, 0.4) is 0 Å². The summed E-state index contributed by atoms with van der Waals surface area (Å²) in [6, 6.07) is 4.67. The first-order valence-electron chi connectivity index (χ1n) is 7.64. The largest absolute Gasteiger partial charge is 0.493 e. The van der Waals surface area contributed by atoms with Crippen molar-refractivity contribution in [3.63, 3.8) is 0 Å². The number of carbonyl (C=O) groups excluding carboxylic acids is 3. The summed E-state index contributed by atoms with van der Waals surface area (Å²) >= 11 is 0. The molecule has 0 saturated carbocycles. The van der Waals surface area contributed by atoms with Gasteiger partial charge in [0.1, 0.15) is 0 Å². The molecule has 0 aromatic heterocycles. The molecule has 0 unspecified atom stereocenters. The zero-order valence-electron chi connectivity index (χ0n) is 14.4. The zero-order chi connectivity index (χ0) is 18.1. The number of hydrogen-bond donors (Lipinski definition) is 1. The fourth-order valence-electron chi connectivity index (χ4n) is 1.75. The first-order valence-corrected chi connectivity index (χ1v) is 7.64. The smallest absolute Gasteiger partial charge is 0.344 e. The minimum atomic E-state index is -0.674. The summed E-state index contributed by atoms with van der Waals surface area (Å²) in [6.07, 6.45) is 0.791. The monoisotopic (exact) mass is 337 g/mol. The van der Waals surface area contributed by atoms with Crippen molar-refractivity contribution in [2.45, 2.75) is 33.2 Å². The van der Waals surface area contributed by atoms with Gasteiger partial charge in [-0.05, 0) is 38.5 Å². The highest BCUT2D eigenvalue weighted by Gasteiger charge is 2.13. The van der Waals surface area contributed by atoms with Gasteiger partial charge < -0.3 is 19.5 Å². The normalized spacial score (nSPS) is 11.3. The lowest BCUT2D eigenvalue weighted by atomic mass is 10.1. The number of hydrogen-bond acceptors (Lipinski definition) is 6. The minimum absolute atomic E-state index is 0.0245. The second-order valence-electron chi connectivity index (χ2n) is 5.25. The summed E-state index contributed by atoms with van der Waals surface area (Å²) in [5.41, 5.74) is 0.475. The van der Waals surface area contributed by atoms with Gasteiger partial charge in [-0.15, -0.1) is 0 Å². The van der Waals surface area contributed by atoms with E-state index in [1.807, 2.05) is 13.8 Å². The van der Waals surface area contributed by atoms with Gasteiger partial charge in [0.15, 0.2) is 30.5 Å². The van der Waals surface area contributed by atoms with Crippen molar-refractivity contribution in [2.24, 2.45) is 0 Å². The molecular weight excluding hydrogens is 314 g/mol. The molecule has 1 aromatic carbocycles. The fourth-order valence-corrected chi connectivity index (χ4v) is 1.75. The van der Waals surface area contributed by atoms with E-state index >= 15 is 0 Å². The van der Waals surface area contributed by atoms with Crippen molar-refractivity contribution in [3.8, 4) is 11.5 Å². The SMILES string of the molecule is CC[C@@H](C)NC(=O)COC(=O)COc1ccc(C(C)=O)cc1OC. The van der Waals surface area contributed by atoms with Crippen LogP contribution in [0.4, 0.5) is 0 Å². The lowest BCUT2D eigenvalue weighted by Crippen LogP contribution is -2.35. The van der Waals surface area contributed by atoms with E-state index in [-0.39, 0.29) is 30.9 Å². The summed E-state index contributed by atoms with van der Waals surface area (Å²) in [4.78, 5) is 34.5. The fraction of sp³-hybridized carbons (Fsp3) is 0.471. The van der Waals surface area contributed by atoms with Crippen molar-refractivity contribution in [1.29, 1.82) is 0 Å². The lowest BCUT2D eigenvalue weighted by Gasteiger charge is -2.13. The van der Waals surface area contributed by atoms with Crippen LogP contribution in [0.15, 0.2) is 18.2 Å². The molecule has 0 spiro atoms. The lowest BCUT2D eigenvalue weighted by molar-refractivity contribution is -0.150. The third kappa shape index (κ3) is 6.28. The highest BCUT2D eigenvalue weighted by molar-refractivity contribution is 5.94. The number of carbonyl (C=O) groups is 3. The Balaban J connectivity index is 2.49. The number of benzene rings is 1. The first-order chi connectivity index (χ1) is 11.4. The van der Waals surface area contributed by atoms with Gasteiger partial charge in [-0.3, -0.25) is 9.59 Å². The van der Waals surface area contributed by atoms with Crippen LogP contribution in [-0.4, -0.2) is 44.0 Å². The second kappa shape index (κ2) is 9.54. The van der Waals surface area contributed by atoms with E-state index in [2.05, 4.69) is 5.32 Å². The predicted molar refractivity (Wildman–Crippen MR) is 87.3 cm³/mol. The summed E-state index contributed by atoms with van der Waals surface area (Å²) in [6.45, 7) is 4.52. The molecule has 1 amide bonds. The predicted octanol–water partition coefficient (Wildman–Crippen LogP) is 1.73. The van der Waals surface area contributed by atoms with Crippen molar-refractivity contribution in [3.05, 3.63) is 23.8 Å². The molecule has 0 aliphatic rings. The molecule has 1 N–H and O–H groups in total. The third-order valence-electron chi connectivity index (χ3n) is 3.30. The molecule has 1 rings (SSSR count). The Bertz CT molecular complexity index is 599. The topological polar surface area (TPSA) is 90.9 Å². The van der Waals surface area contributed by atoms with Gasteiger partial charge in [-0.1, -0.05) is 6.92 Å². The van der Waals surface area contributed by atoms with E-state index < -0.39 is 5.97 Å². The van der Waals surface area contributed by atoms with Crippen LogP contribution in [0.2, 0.25) is 0 Å². The number of esters is 1. The van der Waals surface area contributed by atoms with E-state index in [1.54, 1.807) is 12.1 Å². The number of amides is 1. The number of nitrogens with one attached hydrogen (secondary N) is 1. The molecule has 0 fully saturated rings. The molecule has 0 bridgehead atoms. The number of methoxy groups -OCH3 is 1. The van der Waals surface area contributed by atoms with Gasteiger partial charge >= 0.3 is 5.97 Å². The molecule has 1 aromatic rings. The highest BCUT2D eigenvalue weighted by Crippen LogP contribution is 2.28. The van der Waals surface area contributed by atoms with E-state index in [9.17, 15) is 14.4 Å². The van der Waals surface area contributed by atoms with Gasteiger partial charge in [0, 0.05) is 11.6 Å². The molecule has 0 aliphatic carbocycles. The molecule has 0 aliphatic heterocycles. The van der Waals surface area contributed by atoms with Gasteiger partial charge in [0.2, 0.25) is 0 Å². The summed E-state index contributed by atoms with van der Waals surface area (Å²) in [5.74, 6) is -0.492. The van der Waals surface area contributed by atoms with Crippen LogP contribution >= 0.6 is 0 Å². The molecule has 0 radical (unpaired) electrons. The maximum Gasteiger partial charge on any atom is 0.344 e. The van der Waals surface area contributed by atoms with Gasteiger partial charge in [-0.2, -0.15) is 0 Å². The van der Waals surface area contributed by atoms with Crippen LogP contribution in [0.5, 0.6) is 11.5 Å². The van der Waals surface area contributed by atoms with Crippen LogP contribution in [0.25, 0.3) is 0 Å². The Morgan fingerprint density at radius 3 is 2.46 bits per heavy atom. The maximum absolute atomic E-state index is 11.6. The van der Waals surface area contributed by atoms with Gasteiger partial charge in [-0.25, -0.2) is 4.79 Å².